The number of carbonyl (C=O) groups is 1. The molecule has 0 aliphatic carbocycles. The van der Waals surface area contributed by atoms with Crippen molar-refractivity contribution in [3.63, 3.8) is 0 Å². The Morgan fingerprint density at radius 2 is 2.14 bits per heavy atom. The summed E-state index contributed by atoms with van der Waals surface area (Å²) in [6.07, 6.45) is -0.643. The summed E-state index contributed by atoms with van der Waals surface area (Å²) in [5.41, 5.74) is 0. The maximum Gasteiger partial charge on any atom is 0.335 e. The second kappa shape index (κ2) is 3.18. The molecule has 0 aromatic rings. The van der Waals surface area contributed by atoms with Crippen LogP contribution in [-0.4, -0.2) is 37.4 Å². The van der Waals surface area contributed by atoms with Crippen molar-refractivity contribution in [2.45, 2.75) is 44.6 Å². The third-order valence-corrected chi connectivity index (χ3v) is 2.35. The summed E-state index contributed by atoms with van der Waals surface area (Å²) in [5.74, 6) is -0.986. The molecule has 0 unspecified atom stereocenters. The van der Waals surface area contributed by atoms with Gasteiger partial charge in [-0.1, -0.05) is 0 Å². The first-order chi connectivity index (χ1) is 6.52. The smallest absolute Gasteiger partial charge is 0.335 e. The van der Waals surface area contributed by atoms with E-state index in [0.717, 1.165) is 0 Å². The molecular formula is C9H14O5. The minimum absolute atomic E-state index is 0.158. The van der Waals surface area contributed by atoms with Gasteiger partial charge in [-0.25, -0.2) is 4.79 Å². The third kappa shape index (κ3) is 1.63. The van der Waals surface area contributed by atoms with E-state index in [2.05, 4.69) is 4.74 Å². The van der Waals surface area contributed by atoms with Crippen LogP contribution in [0.15, 0.2) is 0 Å². The molecule has 0 N–H and O–H groups in total. The monoisotopic (exact) mass is 202 g/mol. The molecule has 5 heteroatoms. The van der Waals surface area contributed by atoms with E-state index >= 15 is 0 Å². The van der Waals surface area contributed by atoms with E-state index < -0.39 is 18.2 Å². The second-order valence-corrected chi connectivity index (χ2v) is 3.93. The van der Waals surface area contributed by atoms with Gasteiger partial charge in [-0.3, -0.25) is 0 Å². The third-order valence-electron chi connectivity index (χ3n) is 2.35. The van der Waals surface area contributed by atoms with Crippen molar-refractivity contribution in [2.75, 3.05) is 7.11 Å². The number of ether oxygens (including phenoxy) is 4. The largest absolute Gasteiger partial charge is 0.467 e. The fraction of sp³-hybridized carbons (Fsp3) is 0.889. The van der Waals surface area contributed by atoms with Gasteiger partial charge in [0.1, 0.15) is 6.10 Å². The number of fused-ring (bicyclic) bond motifs is 1. The van der Waals surface area contributed by atoms with E-state index in [4.69, 9.17) is 14.2 Å². The molecule has 2 aliphatic heterocycles. The first-order valence-electron chi connectivity index (χ1n) is 4.61. The Morgan fingerprint density at radius 3 is 2.71 bits per heavy atom. The predicted octanol–water partition coefficient (Wildman–Crippen LogP) is 0.426. The number of methoxy groups -OCH3 is 1. The molecule has 0 aromatic carbocycles. The highest BCUT2D eigenvalue weighted by Gasteiger charge is 2.50. The molecule has 2 heterocycles. The number of esters is 1. The van der Waals surface area contributed by atoms with E-state index in [1.165, 1.54) is 7.11 Å². The highest BCUT2D eigenvalue weighted by molar-refractivity contribution is 5.74. The van der Waals surface area contributed by atoms with Gasteiger partial charge < -0.3 is 18.9 Å². The molecule has 0 bridgehead atoms. The minimum atomic E-state index is -0.615. The van der Waals surface area contributed by atoms with Gasteiger partial charge in [-0.2, -0.15) is 0 Å². The minimum Gasteiger partial charge on any atom is -0.467 e. The van der Waals surface area contributed by atoms with Crippen molar-refractivity contribution in [1.29, 1.82) is 0 Å². The molecular weight excluding hydrogens is 188 g/mol. The van der Waals surface area contributed by atoms with Gasteiger partial charge in [0.2, 0.25) is 0 Å². The van der Waals surface area contributed by atoms with Crippen molar-refractivity contribution in [3.8, 4) is 0 Å². The predicted molar refractivity (Wildman–Crippen MR) is 45.3 cm³/mol. The molecule has 0 spiro atoms. The van der Waals surface area contributed by atoms with Gasteiger partial charge in [0.25, 0.3) is 0 Å². The van der Waals surface area contributed by atoms with Crippen LogP contribution in [-0.2, 0) is 23.7 Å². The fourth-order valence-electron chi connectivity index (χ4n) is 1.79. The summed E-state index contributed by atoms with van der Waals surface area (Å²) in [4.78, 5) is 11.1. The van der Waals surface area contributed by atoms with Crippen molar-refractivity contribution < 1.29 is 23.7 Å². The lowest BCUT2D eigenvalue weighted by Gasteiger charge is -2.19. The van der Waals surface area contributed by atoms with Gasteiger partial charge in [0, 0.05) is 6.42 Å². The van der Waals surface area contributed by atoms with E-state index in [-0.39, 0.29) is 12.1 Å². The van der Waals surface area contributed by atoms with Crippen LogP contribution in [0.3, 0.4) is 0 Å². The Labute approximate surface area is 82.3 Å². The standard InChI is InChI=1S/C9H14O5/c1-9(2)13-6-4-5(7(10)11-3)12-8(6)14-9/h5-6,8H,4H2,1-3H3/t5-,6+,8+/m0/s1. The van der Waals surface area contributed by atoms with Crippen LogP contribution in [0.25, 0.3) is 0 Å². The van der Waals surface area contributed by atoms with Crippen LogP contribution in [0.4, 0.5) is 0 Å². The quantitative estimate of drug-likeness (QED) is 0.577. The van der Waals surface area contributed by atoms with Crippen LogP contribution >= 0.6 is 0 Å². The first-order valence-corrected chi connectivity index (χ1v) is 4.61. The number of hydrogen-bond donors (Lipinski definition) is 0. The molecule has 5 nitrogen and oxygen atoms in total. The summed E-state index contributed by atoms with van der Waals surface area (Å²) in [7, 11) is 1.34. The summed E-state index contributed by atoms with van der Waals surface area (Å²) in [6.45, 7) is 3.64. The van der Waals surface area contributed by atoms with Gasteiger partial charge in [-0.15, -0.1) is 0 Å². The molecule has 3 atom stereocenters. The lowest BCUT2D eigenvalue weighted by atomic mass is 10.2. The SMILES string of the molecule is COC(=O)[C@@H]1C[C@H]2OC(C)(C)O[C@H]2O1. The Hall–Kier alpha value is -0.650. The Balaban J connectivity index is 1.97. The van der Waals surface area contributed by atoms with E-state index in [1.807, 2.05) is 13.8 Å². The highest BCUT2D eigenvalue weighted by Crippen LogP contribution is 2.37. The lowest BCUT2D eigenvalue weighted by molar-refractivity contribution is -0.210. The lowest BCUT2D eigenvalue weighted by Crippen LogP contribution is -2.28. The number of rotatable bonds is 1. The van der Waals surface area contributed by atoms with Crippen LogP contribution in [0.5, 0.6) is 0 Å². The summed E-state index contributed by atoms with van der Waals surface area (Å²) >= 11 is 0. The van der Waals surface area contributed by atoms with Crippen molar-refractivity contribution >= 4 is 5.97 Å². The maximum atomic E-state index is 11.1. The van der Waals surface area contributed by atoms with E-state index in [0.29, 0.717) is 6.42 Å². The number of carbonyl (C=O) groups excluding carboxylic acids is 1. The molecule has 80 valence electrons. The second-order valence-electron chi connectivity index (χ2n) is 3.93. The maximum absolute atomic E-state index is 11.1. The first kappa shape index (κ1) is 9.89. The fourth-order valence-corrected chi connectivity index (χ4v) is 1.79. The highest BCUT2D eigenvalue weighted by atomic mass is 16.8. The van der Waals surface area contributed by atoms with Crippen LogP contribution in [0, 0.1) is 0 Å². The van der Waals surface area contributed by atoms with E-state index in [1.54, 1.807) is 0 Å². The molecule has 0 radical (unpaired) electrons. The number of hydrogen-bond acceptors (Lipinski definition) is 5. The Bertz CT molecular complexity index is 234. The van der Waals surface area contributed by atoms with Crippen LogP contribution < -0.4 is 0 Å². The van der Waals surface area contributed by atoms with E-state index in [9.17, 15) is 4.79 Å². The van der Waals surface area contributed by atoms with Crippen molar-refractivity contribution in [1.82, 2.24) is 0 Å². The molecule has 2 fully saturated rings. The summed E-state index contributed by atoms with van der Waals surface area (Å²) in [5, 5.41) is 0. The molecule has 2 rings (SSSR count). The summed E-state index contributed by atoms with van der Waals surface area (Å²) in [6, 6.07) is 0. The van der Waals surface area contributed by atoms with Crippen molar-refractivity contribution in [3.05, 3.63) is 0 Å². The van der Waals surface area contributed by atoms with Gasteiger partial charge >= 0.3 is 5.97 Å². The summed E-state index contributed by atoms with van der Waals surface area (Å²) < 4.78 is 20.9. The van der Waals surface area contributed by atoms with Gasteiger partial charge in [0.15, 0.2) is 18.2 Å². The van der Waals surface area contributed by atoms with Crippen LogP contribution in [0.1, 0.15) is 20.3 Å². The average Bonchev–Trinajstić information content (AvgIpc) is 2.56. The Morgan fingerprint density at radius 1 is 1.43 bits per heavy atom. The zero-order valence-electron chi connectivity index (χ0n) is 8.48. The Kier molecular flexibility index (Phi) is 2.25. The molecule has 14 heavy (non-hydrogen) atoms. The molecule has 0 aromatic heterocycles. The zero-order valence-corrected chi connectivity index (χ0v) is 8.48. The van der Waals surface area contributed by atoms with Gasteiger partial charge in [0.05, 0.1) is 7.11 Å². The zero-order chi connectivity index (χ0) is 10.3. The topological polar surface area (TPSA) is 54.0 Å². The molecule has 0 saturated carbocycles. The normalized spacial score (nSPS) is 39.5. The molecule has 2 aliphatic rings. The molecule has 2 saturated heterocycles. The molecule has 0 amide bonds. The average molecular weight is 202 g/mol. The van der Waals surface area contributed by atoms with Crippen LogP contribution in [0.2, 0.25) is 0 Å². The van der Waals surface area contributed by atoms with Gasteiger partial charge in [-0.05, 0) is 13.8 Å². The van der Waals surface area contributed by atoms with Crippen molar-refractivity contribution in [2.24, 2.45) is 0 Å².